The summed E-state index contributed by atoms with van der Waals surface area (Å²) >= 11 is 13.9. The van der Waals surface area contributed by atoms with Crippen molar-refractivity contribution >= 4 is 55.7 Å². The van der Waals surface area contributed by atoms with Crippen LogP contribution in [0, 0.1) is 5.92 Å². The van der Waals surface area contributed by atoms with Crippen LogP contribution in [0.3, 0.4) is 0 Å². The molecule has 0 aromatic heterocycles. The van der Waals surface area contributed by atoms with E-state index in [1.807, 2.05) is 26.8 Å². The molecule has 1 fully saturated rings. The van der Waals surface area contributed by atoms with Crippen molar-refractivity contribution in [2.24, 2.45) is 5.92 Å². The topological polar surface area (TPSA) is 46.6 Å². The van der Waals surface area contributed by atoms with Gasteiger partial charge in [-0.1, -0.05) is 29.3 Å². The maximum Gasteiger partial charge on any atom is 0.410 e. The zero-order chi connectivity index (χ0) is 18.1. The van der Waals surface area contributed by atoms with Gasteiger partial charge in [-0.2, -0.15) is 0 Å². The molecule has 0 unspecified atom stereocenters. The first-order valence-corrected chi connectivity index (χ1v) is 9.53. The van der Waals surface area contributed by atoms with Crippen molar-refractivity contribution in [1.29, 1.82) is 0 Å². The summed E-state index contributed by atoms with van der Waals surface area (Å²) < 4.78 is 5.38. The third-order valence-corrected chi connectivity index (χ3v) is 5.11. The second kappa shape index (κ2) is 7.79. The Labute approximate surface area is 166 Å². The van der Waals surface area contributed by atoms with Gasteiger partial charge in [0, 0.05) is 39.2 Å². The molecule has 0 saturated carbocycles. The molecular weight excluding hydrogens is 464 g/mol. The van der Waals surface area contributed by atoms with Gasteiger partial charge in [0.25, 0.3) is 0 Å². The number of carbonyl (C=O) groups excluding carboxylic acids is 2. The van der Waals surface area contributed by atoms with Crippen LogP contribution in [0.4, 0.5) is 4.79 Å². The van der Waals surface area contributed by atoms with Crippen LogP contribution < -0.4 is 0 Å². The number of halogens is 3. The van der Waals surface area contributed by atoms with Gasteiger partial charge in [0.1, 0.15) is 11.6 Å². The van der Waals surface area contributed by atoms with Gasteiger partial charge in [0.2, 0.25) is 3.79 Å². The fourth-order valence-corrected chi connectivity index (χ4v) is 3.88. The molecule has 0 bridgehead atoms. The number of hydrogen-bond acceptors (Lipinski definition) is 3. The number of ether oxygens (including phenoxy) is 1. The summed E-state index contributed by atoms with van der Waals surface area (Å²) in [4.78, 5) is 25.9. The molecule has 1 aliphatic heterocycles. The smallest absolute Gasteiger partial charge is 0.410 e. The van der Waals surface area contributed by atoms with Gasteiger partial charge in [-0.3, -0.25) is 9.69 Å². The van der Waals surface area contributed by atoms with E-state index in [0.29, 0.717) is 29.4 Å². The van der Waals surface area contributed by atoms with Gasteiger partial charge in [-0.15, -0.1) is 0 Å². The molecule has 2 atom stereocenters. The van der Waals surface area contributed by atoms with Crippen LogP contribution in [0.5, 0.6) is 0 Å². The maximum atomic E-state index is 12.4. The fourth-order valence-electron chi connectivity index (χ4n) is 2.81. The highest BCUT2D eigenvalue weighted by molar-refractivity contribution is 14.1. The minimum atomic E-state index is -0.590. The van der Waals surface area contributed by atoms with E-state index < -0.39 is 17.7 Å². The predicted octanol–water partition coefficient (Wildman–Crippen LogP) is 5.12. The summed E-state index contributed by atoms with van der Waals surface area (Å²) in [6, 6.07) is 4.95. The molecule has 1 aromatic rings. The summed E-state index contributed by atoms with van der Waals surface area (Å²) in [6.45, 7) is 5.92. The zero-order valence-corrected chi connectivity index (χ0v) is 17.5. The molecule has 0 aliphatic carbocycles. The largest absolute Gasteiger partial charge is 0.444 e. The predicted molar refractivity (Wildman–Crippen MR) is 104 cm³/mol. The van der Waals surface area contributed by atoms with Crippen molar-refractivity contribution in [3.63, 3.8) is 0 Å². The van der Waals surface area contributed by atoms with E-state index in [9.17, 15) is 9.59 Å². The Bertz CT molecular complexity index is 645. The molecule has 2 rings (SSSR count). The molecule has 24 heavy (non-hydrogen) atoms. The molecule has 1 aliphatic rings. The first-order valence-electron chi connectivity index (χ1n) is 7.69. The van der Waals surface area contributed by atoms with E-state index in [4.69, 9.17) is 27.9 Å². The van der Waals surface area contributed by atoms with Crippen molar-refractivity contribution < 1.29 is 14.3 Å². The summed E-state index contributed by atoms with van der Waals surface area (Å²) in [6.07, 6.45) is 0.859. The van der Waals surface area contributed by atoms with Crippen molar-refractivity contribution in [3.8, 4) is 0 Å². The summed E-state index contributed by atoms with van der Waals surface area (Å²) in [7, 11) is 0. The number of rotatable bonds is 3. The van der Waals surface area contributed by atoms with Gasteiger partial charge >= 0.3 is 6.09 Å². The Morgan fingerprint density at radius 3 is 2.54 bits per heavy atom. The van der Waals surface area contributed by atoms with Crippen LogP contribution >= 0.6 is 45.8 Å². The van der Waals surface area contributed by atoms with Crippen molar-refractivity contribution in [1.82, 2.24) is 4.90 Å². The van der Waals surface area contributed by atoms with Crippen molar-refractivity contribution in [3.05, 3.63) is 33.8 Å². The van der Waals surface area contributed by atoms with Gasteiger partial charge in [-0.25, -0.2) is 4.79 Å². The van der Waals surface area contributed by atoms with Crippen LogP contribution in [-0.2, 0) is 16.0 Å². The molecule has 0 spiro atoms. The number of hydrogen-bond donors (Lipinski definition) is 0. The first-order chi connectivity index (χ1) is 11.1. The van der Waals surface area contributed by atoms with E-state index in [1.54, 1.807) is 34.7 Å². The third-order valence-electron chi connectivity index (χ3n) is 3.80. The number of carbonyl (C=O) groups is 2. The lowest BCUT2D eigenvalue weighted by molar-refractivity contribution is -0.113. The second-order valence-corrected chi connectivity index (χ2v) is 8.90. The molecule has 0 radical (unpaired) electrons. The molecule has 7 heteroatoms. The third kappa shape index (κ3) is 5.23. The fraction of sp³-hybridized carbons (Fsp3) is 0.529. The summed E-state index contributed by atoms with van der Waals surface area (Å²) in [5.74, 6) is 0.153. The molecule has 1 saturated heterocycles. The van der Waals surface area contributed by atoms with Crippen LogP contribution in [-0.4, -0.2) is 33.0 Å². The average Bonchev–Trinajstić information content (AvgIpc) is 2.84. The zero-order valence-electron chi connectivity index (χ0n) is 13.8. The number of likely N-dealkylation sites (tertiary alicyclic amines) is 1. The lowest BCUT2D eigenvalue weighted by atomic mass is 9.97. The molecule has 1 amide bonds. The van der Waals surface area contributed by atoms with Crippen LogP contribution in [0.2, 0.25) is 10.0 Å². The van der Waals surface area contributed by atoms with E-state index in [0.717, 1.165) is 5.56 Å². The van der Waals surface area contributed by atoms with Gasteiger partial charge in [-0.05, 0) is 57.2 Å². The molecular formula is C17H20Cl2INO3. The highest BCUT2D eigenvalue weighted by Crippen LogP contribution is 2.32. The molecule has 132 valence electrons. The second-order valence-electron chi connectivity index (χ2n) is 6.99. The van der Waals surface area contributed by atoms with Crippen LogP contribution in [0.25, 0.3) is 0 Å². The van der Waals surface area contributed by atoms with E-state index in [1.165, 1.54) is 4.90 Å². The number of amides is 1. The Morgan fingerprint density at radius 1 is 1.33 bits per heavy atom. The van der Waals surface area contributed by atoms with Gasteiger partial charge in [0.05, 0.1) is 0 Å². The molecule has 1 heterocycles. The number of nitrogens with zero attached hydrogens (tertiary/aromatic N) is 1. The van der Waals surface area contributed by atoms with Crippen LogP contribution in [0.15, 0.2) is 18.2 Å². The lowest BCUT2D eigenvalue weighted by Gasteiger charge is -2.27. The highest BCUT2D eigenvalue weighted by atomic mass is 127. The standard InChI is InChI=1S/C17H20Cl2INO3/c1-17(2,3)24-16(23)21-9-10(7-14(21)15(20)22)6-11-4-5-12(18)8-13(11)19/h4-5,8,10,14H,6-7,9H2,1-3H3/t10-,14+/m1/s1. The normalized spacial score (nSPS) is 21.0. The van der Waals surface area contributed by atoms with Crippen molar-refractivity contribution in [2.75, 3.05) is 6.54 Å². The molecule has 1 aromatic carbocycles. The Kier molecular flexibility index (Phi) is 6.42. The highest BCUT2D eigenvalue weighted by Gasteiger charge is 2.40. The van der Waals surface area contributed by atoms with E-state index in [-0.39, 0.29) is 9.71 Å². The maximum absolute atomic E-state index is 12.4. The summed E-state index contributed by atoms with van der Waals surface area (Å²) in [5.41, 5.74) is 0.379. The quantitative estimate of drug-likeness (QED) is 0.442. The minimum Gasteiger partial charge on any atom is -0.444 e. The monoisotopic (exact) mass is 483 g/mol. The SMILES string of the molecule is CC(C)(C)OC(=O)N1C[C@H](Cc2ccc(Cl)cc2Cl)C[C@H]1C(=O)I. The summed E-state index contributed by atoms with van der Waals surface area (Å²) in [5, 5.41) is 1.20. The average molecular weight is 484 g/mol. The first kappa shape index (κ1) is 19.8. The Morgan fingerprint density at radius 2 is 2.00 bits per heavy atom. The Balaban J connectivity index is 2.11. The van der Waals surface area contributed by atoms with E-state index in [2.05, 4.69) is 0 Å². The van der Waals surface area contributed by atoms with Gasteiger partial charge in [0.15, 0.2) is 0 Å². The van der Waals surface area contributed by atoms with E-state index >= 15 is 0 Å². The number of benzene rings is 1. The lowest BCUT2D eigenvalue weighted by Crippen LogP contribution is -2.42. The molecule has 0 N–H and O–H groups in total. The molecule has 4 nitrogen and oxygen atoms in total. The van der Waals surface area contributed by atoms with Crippen LogP contribution in [0.1, 0.15) is 32.8 Å². The van der Waals surface area contributed by atoms with Gasteiger partial charge < -0.3 is 4.74 Å². The van der Waals surface area contributed by atoms with Crippen molar-refractivity contribution in [2.45, 2.75) is 45.3 Å². The minimum absolute atomic E-state index is 0.0526. The Hall–Kier alpha value is -0.530.